The van der Waals surface area contributed by atoms with E-state index in [9.17, 15) is 10.2 Å². The minimum Gasteiger partial charge on any atom is -0.497 e. The molecule has 0 saturated heterocycles. The lowest BCUT2D eigenvalue weighted by atomic mass is 10.0. The van der Waals surface area contributed by atoms with Gasteiger partial charge in [-0.05, 0) is 25.1 Å². The number of aliphatic hydroxyl groups is 2. The summed E-state index contributed by atoms with van der Waals surface area (Å²) in [5, 5.41) is 19.8. The monoisotopic (exact) mass is 245 g/mol. The summed E-state index contributed by atoms with van der Waals surface area (Å²) in [4.78, 5) is 0. The van der Waals surface area contributed by atoms with Crippen molar-refractivity contribution in [3.8, 4) is 5.75 Å². The molecule has 1 aromatic rings. The molecule has 4 N–H and O–H groups in total. The third-order valence-electron chi connectivity index (χ3n) is 2.35. The van der Waals surface area contributed by atoms with E-state index < -0.39 is 12.2 Å². The Morgan fingerprint density at radius 3 is 2.62 bits per heavy atom. The number of hydrogen-bond acceptors (Lipinski definition) is 4. The lowest BCUT2D eigenvalue weighted by molar-refractivity contribution is 0.0150. The summed E-state index contributed by atoms with van der Waals surface area (Å²) in [5.41, 5.74) is 5.78. The quantitative estimate of drug-likeness (QED) is 0.726. The maximum Gasteiger partial charge on any atom is 0.120 e. The highest BCUT2D eigenvalue weighted by Gasteiger charge is 2.20. The van der Waals surface area contributed by atoms with Gasteiger partial charge in [0.25, 0.3) is 0 Å². The molecule has 0 aliphatic rings. The summed E-state index contributed by atoms with van der Waals surface area (Å²) in [6.45, 7) is 0.312. The van der Waals surface area contributed by atoms with Crippen LogP contribution in [0.2, 0.25) is 5.02 Å². The third kappa shape index (κ3) is 3.09. The molecule has 0 aromatic heterocycles. The van der Waals surface area contributed by atoms with E-state index in [1.165, 1.54) is 7.11 Å². The normalized spacial score (nSPS) is 14.6. The summed E-state index contributed by atoms with van der Waals surface area (Å²) >= 11 is 5.96. The van der Waals surface area contributed by atoms with Gasteiger partial charge in [-0.25, -0.2) is 0 Å². The first kappa shape index (κ1) is 13.3. The fraction of sp³-hybridized carbons (Fsp3) is 0.455. The summed E-state index contributed by atoms with van der Waals surface area (Å²) in [6, 6.07) is 4.90. The molecule has 0 spiro atoms. The molecule has 0 aliphatic heterocycles. The molecular formula is C11H16ClNO3. The van der Waals surface area contributed by atoms with E-state index in [1.54, 1.807) is 18.2 Å². The van der Waals surface area contributed by atoms with Gasteiger partial charge in [0, 0.05) is 5.56 Å². The molecule has 2 unspecified atom stereocenters. The van der Waals surface area contributed by atoms with Gasteiger partial charge < -0.3 is 20.7 Å². The number of benzene rings is 1. The predicted octanol–water partition coefficient (Wildman–Crippen LogP) is 1.09. The Labute approximate surface area is 99.6 Å². The summed E-state index contributed by atoms with van der Waals surface area (Å²) in [6.07, 6.45) is -1.61. The molecule has 16 heavy (non-hydrogen) atoms. The molecule has 4 nitrogen and oxygen atoms in total. The minimum absolute atomic E-state index is 0.312. The van der Waals surface area contributed by atoms with E-state index in [1.807, 2.05) is 0 Å². The highest BCUT2D eigenvalue weighted by Crippen LogP contribution is 2.29. The first-order chi connectivity index (χ1) is 7.60. The highest BCUT2D eigenvalue weighted by atomic mass is 35.5. The van der Waals surface area contributed by atoms with E-state index in [0.717, 1.165) is 0 Å². The lowest BCUT2D eigenvalue weighted by Gasteiger charge is -2.18. The van der Waals surface area contributed by atoms with Crippen molar-refractivity contribution in [3.05, 3.63) is 28.8 Å². The average Bonchev–Trinajstić information content (AvgIpc) is 2.28. The molecule has 1 aromatic carbocycles. The van der Waals surface area contributed by atoms with E-state index in [2.05, 4.69) is 0 Å². The van der Waals surface area contributed by atoms with Crippen LogP contribution in [-0.2, 0) is 0 Å². The SMILES string of the molecule is COc1ccc(C(O)C(O)CCN)c(Cl)c1. The molecule has 1 rings (SSSR count). The second kappa shape index (κ2) is 6.06. The molecule has 0 saturated carbocycles. The van der Waals surface area contributed by atoms with Crippen LogP contribution in [0.1, 0.15) is 18.1 Å². The fourth-order valence-electron chi connectivity index (χ4n) is 1.41. The Hall–Kier alpha value is -0.810. The Morgan fingerprint density at radius 2 is 2.12 bits per heavy atom. The highest BCUT2D eigenvalue weighted by molar-refractivity contribution is 6.31. The van der Waals surface area contributed by atoms with Gasteiger partial charge >= 0.3 is 0 Å². The zero-order valence-electron chi connectivity index (χ0n) is 9.06. The maximum atomic E-state index is 9.83. The smallest absolute Gasteiger partial charge is 0.120 e. The number of halogens is 1. The fourth-order valence-corrected chi connectivity index (χ4v) is 1.69. The summed E-state index contributed by atoms with van der Waals surface area (Å²) in [5.74, 6) is 0.606. The van der Waals surface area contributed by atoms with Crippen LogP contribution >= 0.6 is 11.6 Å². The second-order valence-corrected chi connectivity index (χ2v) is 3.88. The second-order valence-electron chi connectivity index (χ2n) is 3.48. The van der Waals surface area contributed by atoms with Crippen LogP contribution in [0.4, 0.5) is 0 Å². The average molecular weight is 246 g/mol. The number of ether oxygens (including phenoxy) is 1. The number of aliphatic hydroxyl groups excluding tert-OH is 2. The molecule has 0 radical (unpaired) electrons. The molecule has 5 heteroatoms. The number of hydrogen-bond donors (Lipinski definition) is 3. The molecule has 90 valence electrons. The van der Waals surface area contributed by atoms with Gasteiger partial charge in [0.15, 0.2) is 0 Å². The molecule has 0 heterocycles. The van der Waals surface area contributed by atoms with Crippen molar-refractivity contribution in [2.24, 2.45) is 5.73 Å². The topological polar surface area (TPSA) is 75.7 Å². The number of methoxy groups -OCH3 is 1. The van der Waals surface area contributed by atoms with Gasteiger partial charge in [-0.2, -0.15) is 0 Å². The van der Waals surface area contributed by atoms with E-state index in [-0.39, 0.29) is 0 Å². The van der Waals surface area contributed by atoms with Gasteiger partial charge in [0.05, 0.1) is 18.2 Å². The van der Waals surface area contributed by atoms with Crippen LogP contribution in [0, 0.1) is 0 Å². The van der Waals surface area contributed by atoms with Crippen LogP contribution in [0.3, 0.4) is 0 Å². The molecule has 2 atom stereocenters. The van der Waals surface area contributed by atoms with Crippen molar-refractivity contribution < 1.29 is 14.9 Å². The van der Waals surface area contributed by atoms with Crippen LogP contribution in [0.15, 0.2) is 18.2 Å². The number of rotatable bonds is 5. The van der Waals surface area contributed by atoms with Gasteiger partial charge in [-0.1, -0.05) is 17.7 Å². The first-order valence-corrected chi connectivity index (χ1v) is 5.37. The Kier molecular flexibility index (Phi) is 5.02. The van der Waals surface area contributed by atoms with Crippen molar-refractivity contribution in [2.75, 3.05) is 13.7 Å². The zero-order valence-corrected chi connectivity index (χ0v) is 9.81. The van der Waals surface area contributed by atoms with Gasteiger partial charge in [-0.3, -0.25) is 0 Å². The molecule has 0 aliphatic carbocycles. The first-order valence-electron chi connectivity index (χ1n) is 4.99. The van der Waals surface area contributed by atoms with Crippen molar-refractivity contribution in [2.45, 2.75) is 18.6 Å². The molecule has 0 amide bonds. The van der Waals surface area contributed by atoms with Crippen molar-refractivity contribution in [1.29, 1.82) is 0 Å². The predicted molar refractivity (Wildman–Crippen MR) is 62.6 cm³/mol. The standard InChI is InChI=1S/C11H16ClNO3/c1-16-7-2-3-8(9(12)6-7)11(15)10(14)4-5-13/h2-3,6,10-11,14-15H,4-5,13H2,1H3. The Bertz CT molecular complexity index is 346. The summed E-state index contributed by atoms with van der Waals surface area (Å²) in [7, 11) is 1.53. The number of nitrogens with two attached hydrogens (primary N) is 1. The van der Waals surface area contributed by atoms with Gasteiger partial charge in [0.2, 0.25) is 0 Å². The zero-order chi connectivity index (χ0) is 12.1. The third-order valence-corrected chi connectivity index (χ3v) is 2.68. The molecule has 0 fully saturated rings. The van der Waals surface area contributed by atoms with E-state index >= 15 is 0 Å². The minimum atomic E-state index is -1.03. The van der Waals surface area contributed by atoms with Crippen molar-refractivity contribution in [1.82, 2.24) is 0 Å². The van der Waals surface area contributed by atoms with Gasteiger partial charge in [-0.15, -0.1) is 0 Å². The van der Waals surface area contributed by atoms with Crippen LogP contribution in [0.25, 0.3) is 0 Å². The van der Waals surface area contributed by atoms with Crippen LogP contribution in [0.5, 0.6) is 5.75 Å². The van der Waals surface area contributed by atoms with Crippen molar-refractivity contribution in [3.63, 3.8) is 0 Å². The van der Waals surface area contributed by atoms with Crippen LogP contribution < -0.4 is 10.5 Å². The summed E-state index contributed by atoms with van der Waals surface area (Å²) < 4.78 is 4.99. The Morgan fingerprint density at radius 1 is 1.44 bits per heavy atom. The van der Waals surface area contributed by atoms with Gasteiger partial charge in [0.1, 0.15) is 11.9 Å². The molecule has 0 bridgehead atoms. The maximum absolute atomic E-state index is 9.83. The van der Waals surface area contributed by atoms with Crippen molar-refractivity contribution >= 4 is 11.6 Å². The largest absolute Gasteiger partial charge is 0.497 e. The lowest BCUT2D eigenvalue weighted by Crippen LogP contribution is -2.22. The van der Waals surface area contributed by atoms with Crippen LogP contribution in [-0.4, -0.2) is 30.0 Å². The Balaban J connectivity index is 2.87. The molecular weight excluding hydrogens is 230 g/mol. The van der Waals surface area contributed by atoms with E-state index in [0.29, 0.717) is 29.3 Å². The van der Waals surface area contributed by atoms with E-state index in [4.69, 9.17) is 22.1 Å².